The number of nitrogens with one attached hydrogen (secondary N) is 1. The van der Waals surface area contributed by atoms with Gasteiger partial charge in [0.05, 0.1) is 17.8 Å². The van der Waals surface area contributed by atoms with Gasteiger partial charge in [-0.05, 0) is 17.7 Å². The van der Waals surface area contributed by atoms with Gasteiger partial charge < -0.3 is 15.8 Å². The van der Waals surface area contributed by atoms with Crippen LogP contribution in [0.15, 0.2) is 48.5 Å². The predicted octanol–water partition coefficient (Wildman–Crippen LogP) is 2.33. The molecule has 2 aromatic carbocycles. The van der Waals surface area contributed by atoms with E-state index in [0.29, 0.717) is 17.9 Å². The number of hydrogen-bond acceptors (Lipinski definition) is 3. The third-order valence-corrected chi connectivity index (χ3v) is 3.19. The Morgan fingerprint density at radius 2 is 1.95 bits per heavy atom. The van der Waals surface area contributed by atoms with Crippen LogP contribution in [0.25, 0.3) is 0 Å². The fourth-order valence-electron chi connectivity index (χ4n) is 2.24. The molecule has 0 aliphatic carbocycles. The molecule has 1 heterocycles. The highest BCUT2D eigenvalue weighted by molar-refractivity contribution is 5.97. The number of fused-ring (bicyclic) bond motifs is 1. The average Bonchev–Trinajstić information content (AvgIpc) is 2.47. The van der Waals surface area contributed by atoms with Gasteiger partial charge in [0.25, 0.3) is 5.91 Å². The van der Waals surface area contributed by atoms with Crippen molar-refractivity contribution in [1.82, 2.24) is 0 Å². The van der Waals surface area contributed by atoms with Gasteiger partial charge in [0, 0.05) is 0 Å². The summed E-state index contributed by atoms with van der Waals surface area (Å²) in [7, 11) is 0. The molecule has 1 amide bonds. The van der Waals surface area contributed by atoms with Crippen LogP contribution in [-0.2, 0) is 0 Å². The number of primary amides is 1. The van der Waals surface area contributed by atoms with Crippen molar-refractivity contribution in [3.8, 4) is 5.75 Å². The third kappa shape index (κ3) is 2.12. The minimum absolute atomic E-state index is 0.116. The molecular formula is C15H14N2O2. The molecule has 4 heteroatoms. The number of amides is 1. The zero-order valence-electron chi connectivity index (χ0n) is 10.3. The third-order valence-electron chi connectivity index (χ3n) is 3.19. The van der Waals surface area contributed by atoms with E-state index in [1.54, 1.807) is 12.1 Å². The van der Waals surface area contributed by atoms with E-state index in [0.717, 1.165) is 11.3 Å². The molecule has 1 aliphatic heterocycles. The summed E-state index contributed by atoms with van der Waals surface area (Å²) in [6, 6.07) is 15.2. The summed E-state index contributed by atoms with van der Waals surface area (Å²) in [6.45, 7) is 0.666. The van der Waals surface area contributed by atoms with Gasteiger partial charge in [0.2, 0.25) is 0 Å². The van der Waals surface area contributed by atoms with E-state index in [2.05, 4.69) is 5.32 Å². The highest BCUT2D eigenvalue weighted by Crippen LogP contribution is 2.36. The maximum Gasteiger partial charge on any atom is 0.252 e. The Morgan fingerprint density at radius 1 is 1.16 bits per heavy atom. The number of benzene rings is 2. The molecule has 0 saturated heterocycles. The first-order chi connectivity index (χ1) is 9.25. The molecule has 19 heavy (non-hydrogen) atoms. The molecule has 0 saturated carbocycles. The van der Waals surface area contributed by atoms with Crippen molar-refractivity contribution < 1.29 is 9.53 Å². The number of nitrogens with two attached hydrogens (primary N) is 1. The highest BCUT2D eigenvalue weighted by Gasteiger charge is 2.24. The molecule has 0 aromatic heterocycles. The maximum atomic E-state index is 11.4. The molecule has 1 atom stereocenters. The first-order valence-corrected chi connectivity index (χ1v) is 6.14. The summed E-state index contributed by atoms with van der Waals surface area (Å²) in [6.07, 6.45) is -0.116. The SMILES string of the molecule is NC(=O)c1cccc2c1OC(c1ccccc1)CN2. The lowest BCUT2D eigenvalue weighted by Gasteiger charge is -2.28. The number of ether oxygens (including phenoxy) is 1. The second kappa shape index (κ2) is 4.65. The molecule has 0 spiro atoms. The Hall–Kier alpha value is -2.49. The largest absolute Gasteiger partial charge is 0.481 e. The molecule has 3 N–H and O–H groups in total. The van der Waals surface area contributed by atoms with Crippen LogP contribution in [0, 0.1) is 0 Å². The van der Waals surface area contributed by atoms with Crippen molar-refractivity contribution >= 4 is 11.6 Å². The highest BCUT2D eigenvalue weighted by atomic mass is 16.5. The van der Waals surface area contributed by atoms with E-state index in [1.807, 2.05) is 36.4 Å². The second-order valence-electron chi connectivity index (χ2n) is 4.44. The molecule has 3 rings (SSSR count). The van der Waals surface area contributed by atoms with E-state index >= 15 is 0 Å². The van der Waals surface area contributed by atoms with Gasteiger partial charge in [0.1, 0.15) is 6.10 Å². The van der Waals surface area contributed by atoms with Crippen molar-refractivity contribution in [2.24, 2.45) is 5.73 Å². The van der Waals surface area contributed by atoms with Crippen molar-refractivity contribution in [1.29, 1.82) is 0 Å². The van der Waals surface area contributed by atoms with Crippen LogP contribution in [0.2, 0.25) is 0 Å². The summed E-state index contributed by atoms with van der Waals surface area (Å²) < 4.78 is 5.95. The van der Waals surface area contributed by atoms with Crippen LogP contribution in [0.1, 0.15) is 22.0 Å². The van der Waals surface area contributed by atoms with E-state index in [-0.39, 0.29) is 6.10 Å². The van der Waals surface area contributed by atoms with Crippen LogP contribution in [0.5, 0.6) is 5.75 Å². The summed E-state index contributed by atoms with van der Waals surface area (Å²) >= 11 is 0. The fraction of sp³-hybridized carbons (Fsp3) is 0.133. The smallest absolute Gasteiger partial charge is 0.252 e. The number of carbonyl (C=O) groups is 1. The zero-order chi connectivity index (χ0) is 13.2. The topological polar surface area (TPSA) is 64.4 Å². The Morgan fingerprint density at radius 3 is 2.68 bits per heavy atom. The minimum atomic E-state index is -0.479. The molecule has 96 valence electrons. The quantitative estimate of drug-likeness (QED) is 0.864. The first kappa shape index (κ1) is 11.6. The van der Waals surface area contributed by atoms with Crippen LogP contribution in [-0.4, -0.2) is 12.5 Å². The molecule has 0 fully saturated rings. The standard InChI is InChI=1S/C15H14N2O2/c16-15(18)11-7-4-8-12-14(11)19-13(9-17-12)10-5-2-1-3-6-10/h1-8,13,17H,9H2,(H2,16,18). The number of rotatable bonds is 2. The summed E-state index contributed by atoms with van der Waals surface area (Å²) in [5.41, 5.74) is 7.66. The van der Waals surface area contributed by atoms with Gasteiger partial charge in [-0.3, -0.25) is 4.79 Å². The zero-order valence-corrected chi connectivity index (χ0v) is 10.3. The molecule has 1 unspecified atom stereocenters. The van der Waals surface area contributed by atoms with Gasteiger partial charge in [-0.25, -0.2) is 0 Å². The summed E-state index contributed by atoms with van der Waals surface area (Å²) in [5, 5.41) is 3.27. The van der Waals surface area contributed by atoms with Gasteiger partial charge >= 0.3 is 0 Å². The number of hydrogen-bond donors (Lipinski definition) is 2. The van der Waals surface area contributed by atoms with Crippen molar-refractivity contribution in [3.05, 3.63) is 59.7 Å². The molecule has 0 bridgehead atoms. The Labute approximate surface area is 111 Å². The predicted molar refractivity (Wildman–Crippen MR) is 73.3 cm³/mol. The summed E-state index contributed by atoms with van der Waals surface area (Å²) in [5.74, 6) is 0.0578. The molecule has 4 nitrogen and oxygen atoms in total. The van der Waals surface area contributed by atoms with Crippen LogP contribution < -0.4 is 15.8 Å². The average molecular weight is 254 g/mol. The van der Waals surface area contributed by atoms with E-state index < -0.39 is 5.91 Å². The fourth-order valence-corrected chi connectivity index (χ4v) is 2.24. The van der Waals surface area contributed by atoms with E-state index in [4.69, 9.17) is 10.5 Å². The number of carbonyl (C=O) groups excluding carboxylic acids is 1. The Balaban J connectivity index is 1.97. The van der Waals surface area contributed by atoms with Crippen LogP contribution >= 0.6 is 0 Å². The van der Waals surface area contributed by atoms with E-state index in [9.17, 15) is 4.79 Å². The minimum Gasteiger partial charge on any atom is -0.481 e. The number of anilines is 1. The Bertz CT molecular complexity index is 611. The molecule has 0 radical (unpaired) electrons. The maximum absolute atomic E-state index is 11.4. The van der Waals surface area contributed by atoms with Gasteiger partial charge in [0.15, 0.2) is 5.75 Å². The monoisotopic (exact) mass is 254 g/mol. The van der Waals surface area contributed by atoms with Crippen LogP contribution in [0.4, 0.5) is 5.69 Å². The van der Waals surface area contributed by atoms with Gasteiger partial charge in [-0.2, -0.15) is 0 Å². The van der Waals surface area contributed by atoms with Crippen molar-refractivity contribution in [2.45, 2.75) is 6.10 Å². The summed E-state index contributed by atoms with van der Waals surface area (Å²) in [4.78, 5) is 11.4. The molecule has 2 aromatic rings. The normalized spacial score (nSPS) is 16.9. The lowest BCUT2D eigenvalue weighted by molar-refractivity contribution is 0.0992. The van der Waals surface area contributed by atoms with Gasteiger partial charge in [-0.15, -0.1) is 0 Å². The first-order valence-electron chi connectivity index (χ1n) is 6.14. The lowest BCUT2D eigenvalue weighted by Crippen LogP contribution is -2.26. The van der Waals surface area contributed by atoms with Gasteiger partial charge in [-0.1, -0.05) is 36.4 Å². The Kier molecular flexibility index (Phi) is 2.83. The van der Waals surface area contributed by atoms with Crippen LogP contribution in [0.3, 0.4) is 0 Å². The lowest BCUT2D eigenvalue weighted by atomic mass is 10.1. The van der Waals surface area contributed by atoms with E-state index in [1.165, 1.54) is 0 Å². The molecular weight excluding hydrogens is 240 g/mol. The number of para-hydroxylation sites is 1. The second-order valence-corrected chi connectivity index (χ2v) is 4.44. The van der Waals surface area contributed by atoms with Crippen molar-refractivity contribution in [2.75, 3.05) is 11.9 Å². The molecule has 1 aliphatic rings. The van der Waals surface area contributed by atoms with Crippen molar-refractivity contribution in [3.63, 3.8) is 0 Å².